The first kappa shape index (κ1) is 63.8. The van der Waals surface area contributed by atoms with Gasteiger partial charge in [-0.1, -0.05) is 18.2 Å². The monoisotopic (exact) mass is 1120 g/mol. The van der Waals surface area contributed by atoms with Crippen LogP contribution in [0.3, 0.4) is 0 Å². The lowest BCUT2D eigenvalue weighted by Crippen LogP contribution is -2.33. The minimum atomic E-state index is -0.662. The number of β-amino-alcohol motifs (C(OH)–C–C–N with tert-alkyl or cyclic N) is 3. The summed E-state index contributed by atoms with van der Waals surface area (Å²) in [6.07, 6.45) is -1.99. The van der Waals surface area contributed by atoms with E-state index in [-0.39, 0.29) is 78.1 Å². The maximum absolute atomic E-state index is 10.2. The summed E-state index contributed by atoms with van der Waals surface area (Å²) in [6, 6.07) is 25.9. The van der Waals surface area contributed by atoms with Crippen LogP contribution in [-0.4, -0.2) is 120 Å². The van der Waals surface area contributed by atoms with Gasteiger partial charge in [-0.05, 0) is 123 Å². The van der Waals surface area contributed by atoms with Crippen LogP contribution in [0.15, 0.2) is 91.0 Å². The van der Waals surface area contributed by atoms with E-state index >= 15 is 0 Å². The van der Waals surface area contributed by atoms with Gasteiger partial charge in [0.05, 0.1) is 100 Å². The molecule has 6 atom stereocenters. The molecule has 0 fully saturated rings. The molecule has 6 aromatic rings. The van der Waals surface area contributed by atoms with Crippen molar-refractivity contribution in [2.45, 2.75) is 36.4 Å². The minimum Gasteiger partial charge on any atom is -0.508 e. The number of phenols is 3. The highest BCUT2D eigenvalue weighted by atomic mass is 35.5. The van der Waals surface area contributed by atoms with Gasteiger partial charge < -0.3 is 94.7 Å². The summed E-state index contributed by atoms with van der Waals surface area (Å²) in [4.78, 5) is 0. The highest BCUT2D eigenvalue weighted by Crippen LogP contribution is 2.46. The zero-order valence-electron chi connectivity index (χ0n) is 43.3. The number of rotatable bonds is 12. The summed E-state index contributed by atoms with van der Waals surface area (Å²) < 4.78 is 48.6. The molecule has 0 spiro atoms. The first-order valence-corrected chi connectivity index (χ1v) is 22.9. The first-order chi connectivity index (χ1) is 34.7. The summed E-state index contributed by atoms with van der Waals surface area (Å²) in [6.45, 7) is 1.16. The van der Waals surface area contributed by atoms with E-state index < -0.39 is 18.3 Å². The van der Waals surface area contributed by atoms with Crippen molar-refractivity contribution in [3.63, 3.8) is 0 Å². The molecule has 76 heavy (non-hydrogen) atoms. The van der Waals surface area contributed by atoms with Crippen LogP contribution in [0.4, 0.5) is 0 Å². The van der Waals surface area contributed by atoms with Gasteiger partial charge in [0.1, 0.15) is 17.2 Å². The molecule has 416 valence electrons. The summed E-state index contributed by atoms with van der Waals surface area (Å²) in [5.41, 5.74) is 7.62. The molecule has 0 bridgehead atoms. The second-order valence-corrected chi connectivity index (χ2v) is 16.9. The number of aliphatic hydroxyl groups is 3. The van der Waals surface area contributed by atoms with Crippen LogP contribution in [-0.2, 0) is 0 Å². The van der Waals surface area contributed by atoms with E-state index in [0.29, 0.717) is 88.1 Å². The van der Waals surface area contributed by atoms with E-state index in [1.165, 1.54) is 0 Å². The van der Waals surface area contributed by atoms with Crippen molar-refractivity contribution < 1.29 is 78.7 Å². The molecule has 22 heteroatoms. The Morgan fingerprint density at radius 1 is 0.329 bits per heavy atom. The second-order valence-electron chi connectivity index (χ2n) is 16.9. The fourth-order valence-electron chi connectivity index (χ4n) is 9.39. The number of hydrogen-bond donors (Lipinski definition) is 9. The number of methoxy groups -OCH3 is 9. The Hall–Kier alpha value is -6.49. The van der Waals surface area contributed by atoms with Crippen molar-refractivity contribution in [2.24, 2.45) is 0 Å². The third-order valence-corrected chi connectivity index (χ3v) is 12.8. The molecule has 0 amide bonds. The second kappa shape index (κ2) is 28.6. The fourth-order valence-corrected chi connectivity index (χ4v) is 9.39. The Morgan fingerprint density at radius 3 is 0.724 bits per heavy atom. The van der Waals surface area contributed by atoms with E-state index in [4.69, 9.17) is 42.6 Å². The Bertz CT molecular complexity index is 2490. The average molecular weight is 1120 g/mol. The van der Waals surface area contributed by atoms with E-state index in [1.54, 1.807) is 100 Å². The van der Waals surface area contributed by atoms with Crippen LogP contribution in [0.5, 0.6) is 69.0 Å². The van der Waals surface area contributed by atoms with Gasteiger partial charge in [0, 0.05) is 19.6 Å². The van der Waals surface area contributed by atoms with Crippen LogP contribution in [0.1, 0.15) is 86.5 Å². The molecule has 6 unspecified atom stereocenters. The third kappa shape index (κ3) is 13.4. The number of halogens is 3. The van der Waals surface area contributed by atoms with Crippen molar-refractivity contribution in [2.75, 3.05) is 83.6 Å². The lowest BCUT2D eigenvalue weighted by atomic mass is 9.88. The molecule has 3 heterocycles. The van der Waals surface area contributed by atoms with Gasteiger partial charge in [-0.2, -0.15) is 0 Å². The van der Waals surface area contributed by atoms with Gasteiger partial charge in [-0.3, -0.25) is 0 Å². The molecular weight excluding hydrogens is 1050 g/mol. The fraction of sp³-hybridized carbons (Fsp3) is 0.333. The molecule has 0 radical (unpaired) electrons. The molecule has 3 aliphatic rings. The Labute approximate surface area is 460 Å². The van der Waals surface area contributed by atoms with Crippen LogP contribution in [0.2, 0.25) is 0 Å². The molecule has 19 nitrogen and oxygen atoms in total. The number of nitrogens with one attached hydrogen (secondary N) is 3. The van der Waals surface area contributed by atoms with Crippen molar-refractivity contribution in [3.05, 3.63) is 141 Å². The van der Waals surface area contributed by atoms with Crippen LogP contribution >= 0.6 is 37.2 Å². The number of fused-ring (bicyclic) bond motifs is 3. The van der Waals surface area contributed by atoms with Gasteiger partial charge in [-0.25, -0.2) is 0 Å². The molecule has 9 rings (SSSR count). The number of hydrogen-bond acceptors (Lipinski definition) is 18. The van der Waals surface area contributed by atoms with Crippen LogP contribution in [0.25, 0.3) is 0 Å². The topological polar surface area (TPSA) is 272 Å². The summed E-state index contributed by atoms with van der Waals surface area (Å²) in [5, 5.41) is 69.6. The number of aromatic hydroxyl groups is 3. The quantitative estimate of drug-likeness (QED) is 0.0605. The zero-order valence-corrected chi connectivity index (χ0v) is 45.8. The van der Waals surface area contributed by atoms with E-state index in [1.807, 2.05) is 54.6 Å². The molecular formula is C54H68Cl3N3O16. The minimum absolute atomic E-state index is 0. The maximum atomic E-state index is 10.2. The number of phenolic OH excluding ortho intramolecular Hbond substituents is 3. The van der Waals surface area contributed by atoms with E-state index in [2.05, 4.69) is 16.0 Å². The van der Waals surface area contributed by atoms with Crippen LogP contribution in [0, 0.1) is 0 Å². The number of aliphatic hydroxyl groups excluding tert-OH is 3. The average Bonchev–Trinajstić information content (AvgIpc) is 3.40. The van der Waals surface area contributed by atoms with Gasteiger partial charge in [0.2, 0.25) is 17.2 Å². The number of benzene rings is 6. The number of ether oxygens (including phenoxy) is 9. The van der Waals surface area contributed by atoms with Crippen molar-refractivity contribution in [1.29, 1.82) is 0 Å². The maximum Gasteiger partial charge on any atom is 0.203 e. The molecule has 0 saturated heterocycles. The SMILES string of the molecule is COc1cc(C2NCC(O)c3cc(O)ccc32)cc(OC)c1OC.COc1cc(C2NCC(O)c3cc(O)ccc32)cc(OC)c1OC.COc1cc(C2NCC(O)c3cc(O)ccc32)cc(OC)c1OC.Cl.Cl.Cl.O. The van der Waals surface area contributed by atoms with Crippen molar-refractivity contribution in [3.8, 4) is 69.0 Å². The lowest BCUT2D eigenvalue weighted by Gasteiger charge is -2.31. The zero-order chi connectivity index (χ0) is 51.8. The summed E-state index contributed by atoms with van der Waals surface area (Å²) in [5.74, 6) is 5.43. The van der Waals surface area contributed by atoms with Gasteiger partial charge in [-0.15, -0.1) is 37.2 Å². The Balaban J connectivity index is 0.000000292. The largest absolute Gasteiger partial charge is 0.508 e. The third-order valence-electron chi connectivity index (χ3n) is 12.8. The van der Waals surface area contributed by atoms with Gasteiger partial charge in [0.15, 0.2) is 34.5 Å². The molecule has 3 aliphatic heterocycles. The smallest absolute Gasteiger partial charge is 0.203 e. The predicted molar refractivity (Wildman–Crippen MR) is 292 cm³/mol. The van der Waals surface area contributed by atoms with E-state index in [9.17, 15) is 30.6 Å². The molecule has 0 aliphatic carbocycles. The highest BCUT2D eigenvalue weighted by molar-refractivity contribution is 5.86. The highest BCUT2D eigenvalue weighted by Gasteiger charge is 2.32. The lowest BCUT2D eigenvalue weighted by molar-refractivity contribution is 0.160. The first-order valence-electron chi connectivity index (χ1n) is 22.9. The molecule has 11 N–H and O–H groups in total. The summed E-state index contributed by atoms with van der Waals surface area (Å²) >= 11 is 0. The Kier molecular flexibility index (Phi) is 24.0. The van der Waals surface area contributed by atoms with Gasteiger partial charge >= 0.3 is 0 Å². The Morgan fingerprint density at radius 2 is 0.539 bits per heavy atom. The van der Waals surface area contributed by atoms with E-state index in [0.717, 1.165) is 33.4 Å². The van der Waals surface area contributed by atoms with Crippen molar-refractivity contribution in [1.82, 2.24) is 16.0 Å². The van der Waals surface area contributed by atoms with Crippen LogP contribution < -0.4 is 58.6 Å². The van der Waals surface area contributed by atoms with Gasteiger partial charge in [0.25, 0.3) is 0 Å². The summed E-state index contributed by atoms with van der Waals surface area (Å²) in [7, 11) is 14.1. The molecule has 6 aromatic carbocycles. The molecule has 0 aromatic heterocycles. The standard InChI is InChI=1S/3C18H21NO5.3ClH.H2O/c3*1-22-15-6-10(7-16(23-2)18(15)24-3)17-12-5-4-11(20)8-13(12)14(21)9-19-17;;;;/h3*4-8,14,17,19-21H,9H2,1-3H3;3*1H;1H2. The molecule has 0 saturated carbocycles. The normalized spacial score (nSPS) is 18.5. The predicted octanol–water partition coefficient (Wildman–Crippen LogP) is 6.87. The van der Waals surface area contributed by atoms with Crippen molar-refractivity contribution >= 4 is 37.2 Å².